The summed E-state index contributed by atoms with van der Waals surface area (Å²) in [5, 5.41) is 26.4. The summed E-state index contributed by atoms with van der Waals surface area (Å²) in [6.07, 6.45) is 0.665. The predicted molar refractivity (Wildman–Crippen MR) is 155 cm³/mol. The van der Waals surface area contributed by atoms with Crippen LogP contribution in [0.5, 0.6) is 11.5 Å². The third kappa shape index (κ3) is 9.77. The SMILES string of the molecule is CCCCN(C(=O)C(Cc1ccc(O)cc1)NC(=O)OC(C)(C)C)C(C(=O)NC(C)(C)C)c1cccc(C)c1O. The maximum absolute atomic E-state index is 14.3. The number of phenols is 2. The van der Waals surface area contributed by atoms with Crippen molar-refractivity contribution in [3.63, 3.8) is 0 Å². The summed E-state index contributed by atoms with van der Waals surface area (Å²) in [7, 11) is 0. The molecule has 0 aliphatic rings. The van der Waals surface area contributed by atoms with Crippen LogP contribution in [0.15, 0.2) is 42.5 Å². The van der Waals surface area contributed by atoms with Gasteiger partial charge >= 0.3 is 6.09 Å². The first-order chi connectivity index (χ1) is 18.5. The van der Waals surface area contributed by atoms with Gasteiger partial charge in [0, 0.05) is 24.1 Å². The number of aromatic hydroxyl groups is 2. The van der Waals surface area contributed by atoms with Gasteiger partial charge in [-0.25, -0.2) is 4.79 Å². The molecule has 0 radical (unpaired) electrons. The zero-order valence-electron chi connectivity index (χ0n) is 25.0. The van der Waals surface area contributed by atoms with Crippen molar-refractivity contribution < 1.29 is 29.3 Å². The molecule has 0 aliphatic heterocycles. The van der Waals surface area contributed by atoms with Gasteiger partial charge in [0.05, 0.1) is 0 Å². The van der Waals surface area contributed by atoms with E-state index >= 15 is 0 Å². The smallest absolute Gasteiger partial charge is 0.408 e. The average Bonchev–Trinajstić information content (AvgIpc) is 2.82. The third-order valence-electron chi connectivity index (χ3n) is 6.02. The minimum atomic E-state index is -1.15. The lowest BCUT2D eigenvalue weighted by Crippen LogP contribution is -2.55. The van der Waals surface area contributed by atoms with Crippen molar-refractivity contribution >= 4 is 17.9 Å². The Morgan fingerprint density at radius 3 is 2.15 bits per heavy atom. The van der Waals surface area contributed by atoms with E-state index in [-0.39, 0.29) is 24.5 Å². The standard InChI is InChI=1S/C31H45N3O6/c1-9-10-18-34(25(27(37)33-30(3,4)5)23-13-11-12-20(2)26(23)36)28(38)24(32-29(39)40-31(6,7)8)19-21-14-16-22(35)17-15-21/h11-17,24-25,35-36H,9-10,18-19H2,1-8H3,(H,32,39)(H,33,37). The Morgan fingerprint density at radius 2 is 1.60 bits per heavy atom. The van der Waals surface area contributed by atoms with Crippen molar-refractivity contribution in [3.05, 3.63) is 59.2 Å². The summed E-state index contributed by atoms with van der Waals surface area (Å²) in [5.74, 6) is -0.938. The van der Waals surface area contributed by atoms with Gasteiger partial charge in [0.15, 0.2) is 0 Å². The van der Waals surface area contributed by atoms with E-state index in [4.69, 9.17) is 4.74 Å². The van der Waals surface area contributed by atoms with Crippen molar-refractivity contribution in [1.29, 1.82) is 0 Å². The molecule has 3 amide bonds. The molecule has 0 fully saturated rings. The van der Waals surface area contributed by atoms with Crippen LogP contribution >= 0.6 is 0 Å². The number of hydrogen-bond acceptors (Lipinski definition) is 6. The molecule has 0 bridgehead atoms. The molecule has 2 atom stereocenters. The number of benzene rings is 2. The first kappa shape index (κ1) is 32.5. The van der Waals surface area contributed by atoms with Crippen LogP contribution in [-0.4, -0.2) is 56.7 Å². The zero-order valence-corrected chi connectivity index (χ0v) is 25.0. The van der Waals surface area contributed by atoms with E-state index in [0.29, 0.717) is 23.1 Å². The summed E-state index contributed by atoms with van der Waals surface area (Å²) in [5.41, 5.74) is 0.166. The number of hydrogen-bond donors (Lipinski definition) is 4. The number of nitrogens with one attached hydrogen (secondary N) is 2. The van der Waals surface area contributed by atoms with Crippen LogP contribution in [0.25, 0.3) is 0 Å². The lowest BCUT2D eigenvalue weighted by atomic mass is 9.96. The van der Waals surface area contributed by atoms with E-state index < -0.39 is 41.1 Å². The number of amides is 3. The quantitative estimate of drug-likeness (QED) is 0.322. The van der Waals surface area contributed by atoms with Crippen LogP contribution in [0, 0.1) is 6.92 Å². The van der Waals surface area contributed by atoms with Gasteiger partial charge in [-0.05, 0) is 78.1 Å². The lowest BCUT2D eigenvalue weighted by Gasteiger charge is -2.36. The van der Waals surface area contributed by atoms with E-state index in [1.807, 2.05) is 27.7 Å². The highest BCUT2D eigenvalue weighted by Crippen LogP contribution is 2.33. The molecule has 0 saturated heterocycles. The second-order valence-corrected chi connectivity index (χ2v) is 12.1. The Morgan fingerprint density at radius 1 is 0.975 bits per heavy atom. The number of aryl methyl sites for hydroxylation is 1. The van der Waals surface area contributed by atoms with Gasteiger partial charge in [-0.1, -0.05) is 43.7 Å². The highest BCUT2D eigenvalue weighted by molar-refractivity contribution is 5.93. The third-order valence-corrected chi connectivity index (χ3v) is 6.02. The Labute approximate surface area is 237 Å². The number of ether oxygens (including phenoxy) is 1. The van der Waals surface area contributed by atoms with Crippen LogP contribution in [0.2, 0.25) is 0 Å². The maximum atomic E-state index is 14.3. The number of rotatable bonds is 10. The summed E-state index contributed by atoms with van der Waals surface area (Å²) in [4.78, 5) is 42.4. The van der Waals surface area contributed by atoms with E-state index in [1.165, 1.54) is 17.0 Å². The van der Waals surface area contributed by atoms with Gasteiger partial charge in [-0.15, -0.1) is 0 Å². The fraction of sp³-hybridized carbons (Fsp3) is 0.516. The molecular weight excluding hydrogens is 510 g/mol. The number of alkyl carbamates (subject to hydrolysis) is 1. The summed E-state index contributed by atoms with van der Waals surface area (Å²) in [6, 6.07) is 9.20. The van der Waals surface area contributed by atoms with Crippen LogP contribution in [-0.2, 0) is 20.7 Å². The van der Waals surface area contributed by atoms with Crippen molar-refractivity contribution in [3.8, 4) is 11.5 Å². The first-order valence-corrected chi connectivity index (χ1v) is 13.7. The van der Waals surface area contributed by atoms with E-state index in [1.54, 1.807) is 58.0 Å². The summed E-state index contributed by atoms with van der Waals surface area (Å²) >= 11 is 0. The second kappa shape index (κ2) is 13.5. The van der Waals surface area contributed by atoms with Crippen molar-refractivity contribution in [2.45, 2.75) is 97.9 Å². The van der Waals surface area contributed by atoms with Gasteiger partial charge in [-0.3, -0.25) is 9.59 Å². The van der Waals surface area contributed by atoms with Crippen molar-refractivity contribution in [1.82, 2.24) is 15.5 Å². The van der Waals surface area contributed by atoms with Gasteiger partial charge in [-0.2, -0.15) is 0 Å². The molecule has 9 heteroatoms. The molecule has 40 heavy (non-hydrogen) atoms. The van der Waals surface area contributed by atoms with Gasteiger partial charge in [0.1, 0.15) is 29.2 Å². The molecule has 9 nitrogen and oxygen atoms in total. The van der Waals surface area contributed by atoms with Crippen LogP contribution in [0.3, 0.4) is 0 Å². The molecule has 0 saturated carbocycles. The topological polar surface area (TPSA) is 128 Å². The van der Waals surface area contributed by atoms with Crippen molar-refractivity contribution in [2.24, 2.45) is 0 Å². The van der Waals surface area contributed by atoms with Gasteiger partial charge < -0.3 is 30.5 Å². The lowest BCUT2D eigenvalue weighted by molar-refractivity contribution is -0.143. The molecular formula is C31H45N3O6. The predicted octanol–water partition coefficient (Wildman–Crippen LogP) is 5.13. The maximum Gasteiger partial charge on any atom is 0.408 e. The number of para-hydroxylation sites is 1. The largest absolute Gasteiger partial charge is 0.508 e. The monoisotopic (exact) mass is 555 g/mol. The molecule has 2 unspecified atom stereocenters. The minimum absolute atomic E-state index is 0.0685. The Bertz CT molecular complexity index is 1170. The molecule has 2 aromatic rings. The number of carbonyl (C=O) groups is 3. The number of nitrogens with zero attached hydrogens (tertiary/aromatic N) is 1. The second-order valence-electron chi connectivity index (χ2n) is 12.1. The summed E-state index contributed by atoms with van der Waals surface area (Å²) < 4.78 is 5.45. The highest BCUT2D eigenvalue weighted by Gasteiger charge is 2.38. The molecule has 2 aromatic carbocycles. The zero-order chi connectivity index (χ0) is 30.3. The average molecular weight is 556 g/mol. The van der Waals surface area contributed by atoms with Gasteiger partial charge in [0.25, 0.3) is 0 Å². The Hall–Kier alpha value is -3.75. The van der Waals surface area contributed by atoms with Crippen LogP contribution in [0.4, 0.5) is 4.79 Å². The molecule has 0 aromatic heterocycles. The first-order valence-electron chi connectivity index (χ1n) is 13.7. The van der Waals surface area contributed by atoms with E-state index in [9.17, 15) is 24.6 Å². The molecule has 2 rings (SSSR count). The Balaban J connectivity index is 2.63. The van der Waals surface area contributed by atoms with E-state index in [2.05, 4.69) is 10.6 Å². The molecule has 0 aliphatic carbocycles. The minimum Gasteiger partial charge on any atom is -0.508 e. The molecule has 220 valence electrons. The number of unbranched alkanes of at least 4 members (excludes halogenated alkanes) is 1. The van der Waals surface area contributed by atoms with Crippen molar-refractivity contribution in [2.75, 3.05) is 6.54 Å². The fourth-order valence-corrected chi connectivity index (χ4v) is 4.20. The number of carbonyl (C=O) groups excluding carboxylic acids is 3. The normalized spacial score (nSPS) is 13.2. The van der Waals surface area contributed by atoms with Gasteiger partial charge in [0.2, 0.25) is 11.8 Å². The number of phenolic OH excluding ortho intramolecular Hbond substituents is 2. The fourth-order valence-electron chi connectivity index (χ4n) is 4.20. The summed E-state index contributed by atoms with van der Waals surface area (Å²) in [6.45, 7) is 14.6. The van der Waals surface area contributed by atoms with Crippen LogP contribution < -0.4 is 10.6 Å². The van der Waals surface area contributed by atoms with Crippen LogP contribution in [0.1, 0.15) is 84.0 Å². The molecule has 0 heterocycles. The Kier molecular flexibility index (Phi) is 11.0. The molecule has 0 spiro atoms. The molecule has 4 N–H and O–H groups in total. The van der Waals surface area contributed by atoms with E-state index in [0.717, 1.165) is 6.42 Å². The highest BCUT2D eigenvalue weighted by atomic mass is 16.6.